The number of nitrogens with zero attached hydrogens (tertiary/aromatic N) is 4. The van der Waals surface area contributed by atoms with Crippen molar-refractivity contribution in [1.82, 2.24) is 30.4 Å². The van der Waals surface area contributed by atoms with E-state index in [9.17, 15) is 49.8 Å². The van der Waals surface area contributed by atoms with E-state index in [0.29, 0.717) is 17.5 Å². The third-order valence-electron chi connectivity index (χ3n) is 7.36. The van der Waals surface area contributed by atoms with Crippen LogP contribution < -0.4 is 25.3 Å². The van der Waals surface area contributed by atoms with Crippen LogP contribution in [0.2, 0.25) is 0 Å². The van der Waals surface area contributed by atoms with Gasteiger partial charge in [-0.1, -0.05) is 12.1 Å². The number of pyridine rings is 2. The monoisotopic (exact) mass is 964 g/mol. The molecule has 0 bridgehead atoms. The Kier molecular flexibility index (Phi) is 13.2. The number of rotatable bonds is 5. The molecule has 7 aromatic rings. The normalized spacial score (nSPS) is 12.2. The molecule has 19 heteroatoms. The van der Waals surface area contributed by atoms with E-state index in [1.54, 1.807) is 42.5 Å². The van der Waals surface area contributed by atoms with Gasteiger partial charge in [-0.05, 0) is 36.4 Å². The van der Waals surface area contributed by atoms with Gasteiger partial charge in [-0.25, -0.2) is 0 Å². The quantitative estimate of drug-likeness (QED) is 0.160. The fraction of sp³-hybridized carbons (Fsp3) is 0.0556. The Morgan fingerprint density at radius 2 is 0.982 bits per heavy atom. The molecule has 9 nitrogen and oxygen atoms in total. The fourth-order valence-electron chi connectivity index (χ4n) is 4.79. The summed E-state index contributed by atoms with van der Waals surface area (Å²) in [6.07, 6.45) is -5.81. The fourth-order valence-corrected chi connectivity index (χ4v) is 6.71. The molecule has 0 fully saturated rings. The molecule has 0 unspecified atom stereocenters. The van der Waals surface area contributed by atoms with Crippen molar-refractivity contribution in [3.63, 3.8) is 0 Å². The standard InChI is InChI=1S/C18H12F2O3P.2C9H6F3N3.Ir/c19-13-10-11-15(17(20)12-13)16-8-4-5-9-18(16)24(21,22,23)14-6-2-1-3-7-14;2*10-9(11,12)8-5-7(14-15-8)6-3-1-2-4-13-6;/h1-12H;2*1-5H,(H,14,15);/q-3;;;+3. The molecule has 55 heavy (non-hydrogen) atoms. The van der Waals surface area contributed by atoms with E-state index in [0.717, 1.165) is 30.3 Å². The van der Waals surface area contributed by atoms with Crippen molar-refractivity contribution in [3.05, 3.63) is 157 Å². The first-order chi connectivity index (χ1) is 25.4. The molecule has 3 aromatic carbocycles. The van der Waals surface area contributed by atoms with Crippen molar-refractivity contribution in [2.24, 2.45) is 0 Å². The number of hydrogen-bond donors (Lipinski definition) is 2. The molecular weight excluding hydrogens is 940 g/mol. The summed E-state index contributed by atoms with van der Waals surface area (Å²) >= 11 is 0. The van der Waals surface area contributed by atoms with Crippen molar-refractivity contribution in [1.29, 1.82) is 0 Å². The zero-order chi connectivity index (χ0) is 39.2. The van der Waals surface area contributed by atoms with Gasteiger partial charge in [-0.3, -0.25) is 20.2 Å². The van der Waals surface area contributed by atoms with Gasteiger partial charge in [0, 0.05) is 12.4 Å². The minimum absolute atomic E-state index is 0. The number of aromatic amines is 2. The zero-order valence-electron chi connectivity index (χ0n) is 27.5. The molecule has 0 aliphatic rings. The topological polar surface area (TPSA) is 152 Å². The van der Waals surface area contributed by atoms with E-state index >= 15 is 0 Å². The number of benzene rings is 3. The Labute approximate surface area is 320 Å². The molecule has 0 spiro atoms. The molecule has 0 saturated heterocycles. The molecule has 0 radical (unpaired) electrons. The predicted molar refractivity (Wildman–Crippen MR) is 178 cm³/mol. The van der Waals surface area contributed by atoms with E-state index in [2.05, 4.69) is 20.2 Å². The maximum absolute atomic E-state index is 14.1. The number of halogens is 8. The molecule has 0 atom stereocenters. The minimum atomic E-state index is -6.22. The van der Waals surface area contributed by atoms with Crippen LogP contribution in [0.1, 0.15) is 11.4 Å². The summed E-state index contributed by atoms with van der Waals surface area (Å²) in [7, 11) is -6.22. The first kappa shape index (κ1) is 42.5. The number of H-pyrrole nitrogens is 2. The second-order valence-electron chi connectivity index (χ2n) is 11.1. The number of hydrogen-bond acceptors (Lipinski definition) is 7. The van der Waals surface area contributed by atoms with Gasteiger partial charge in [0.1, 0.15) is 22.8 Å². The van der Waals surface area contributed by atoms with Crippen LogP contribution in [0, 0.1) is 11.6 Å². The van der Waals surface area contributed by atoms with Gasteiger partial charge in [0.25, 0.3) is 0 Å². The molecule has 4 aromatic heterocycles. The zero-order valence-corrected chi connectivity index (χ0v) is 30.8. The summed E-state index contributed by atoms with van der Waals surface area (Å²) < 4.78 is 101. The molecule has 2 N–H and O–H groups in total. The van der Waals surface area contributed by atoms with Gasteiger partial charge >= 0.3 is 169 Å². The third-order valence-corrected chi connectivity index (χ3v) is 9.77. The van der Waals surface area contributed by atoms with Crippen molar-refractivity contribution in [2.75, 3.05) is 0 Å². The molecule has 0 aliphatic carbocycles. The number of aromatic nitrogens is 6. The molecule has 7 rings (SSSR count). The van der Waals surface area contributed by atoms with Crippen LogP contribution in [-0.4, -0.2) is 30.4 Å². The Morgan fingerprint density at radius 3 is 1.42 bits per heavy atom. The van der Waals surface area contributed by atoms with Gasteiger partial charge in [-0.15, -0.1) is 0 Å². The van der Waals surface area contributed by atoms with Crippen molar-refractivity contribution in [3.8, 4) is 33.9 Å². The van der Waals surface area contributed by atoms with Crippen LogP contribution in [0.5, 0.6) is 0 Å². The summed E-state index contributed by atoms with van der Waals surface area (Å²) in [6, 6.07) is 26.7. The van der Waals surface area contributed by atoms with Crippen LogP contribution in [0.4, 0.5) is 35.1 Å². The summed E-state index contributed by atoms with van der Waals surface area (Å²) in [5.74, 6) is -1.73. The van der Waals surface area contributed by atoms with Crippen LogP contribution >= 0.6 is 7.28 Å². The van der Waals surface area contributed by atoms with Gasteiger partial charge < -0.3 is 0 Å². The molecule has 0 amide bonds. The van der Waals surface area contributed by atoms with Gasteiger partial charge in [0.05, 0.1) is 11.4 Å². The molecule has 0 saturated carbocycles. The van der Waals surface area contributed by atoms with E-state index in [1.165, 1.54) is 54.9 Å². The Morgan fingerprint density at radius 1 is 0.509 bits per heavy atom. The average Bonchev–Trinajstić information content (AvgIpc) is 3.86. The molecular formula is C36H24F8IrN6O3P. The second-order valence-corrected chi connectivity index (χ2v) is 13.9. The van der Waals surface area contributed by atoms with Crippen LogP contribution in [0.25, 0.3) is 33.9 Å². The van der Waals surface area contributed by atoms with Crippen LogP contribution in [0.15, 0.2) is 134 Å². The summed E-state index contributed by atoms with van der Waals surface area (Å²) in [6.45, 7) is 0. The van der Waals surface area contributed by atoms with Gasteiger partial charge in [0.15, 0.2) is 0 Å². The van der Waals surface area contributed by atoms with E-state index in [-0.39, 0.29) is 42.6 Å². The average molecular weight is 964 g/mol. The number of nitrogens with one attached hydrogen (secondary N) is 2. The SMILES string of the molecule is FC(F)(F)c1cc(-c2ccccn2)n[nH]1.FC(F)(F)c1cc(-c2ccccn2)n[nH]1.[Ir+3].[O-]P([O-])([O-])(c1ccccc1)c1ccccc1-c1ccc(F)cc1F. The summed E-state index contributed by atoms with van der Waals surface area (Å²) in [5.41, 5.74) is -0.818. The maximum atomic E-state index is 14.1. The van der Waals surface area contributed by atoms with Gasteiger partial charge in [0.2, 0.25) is 0 Å². The van der Waals surface area contributed by atoms with E-state index < -0.39 is 53.3 Å². The van der Waals surface area contributed by atoms with E-state index in [1.807, 2.05) is 10.2 Å². The second kappa shape index (κ2) is 17.1. The van der Waals surface area contributed by atoms with Crippen molar-refractivity contribution in [2.45, 2.75) is 12.4 Å². The summed E-state index contributed by atoms with van der Waals surface area (Å²) in [5, 5.41) is 10.0. The number of alkyl halides is 6. The molecule has 0 aliphatic heterocycles. The predicted octanol–water partition coefficient (Wildman–Crippen LogP) is 5.94. The van der Waals surface area contributed by atoms with Crippen molar-refractivity contribution >= 4 is 17.9 Å². The molecule has 4 heterocycles. The van der Waals surface area contributed by atoms with E-state index in [4.69, 9.17) is 0 Å². The first-order valence-corrected chi connectivity index (χ1v) is 17.3. The Bertz CT molecular complexity index is 2210. The van der Waals surface area contributed by atoms with Crippen LogP contribution in [-0.2, 0) is 32.5 Å². The van der Waals surface area contributed by atoms with Gasteiger partial charge in [-0.2, -0.15) is 36.5 Å². The Balaban J connectivity index is 0.000000190. The van der Waals surface area contributed by atoms with Crippen molar-refractivity contribution < 1.29 is 69.9 Å². The summed E-state index contributed by atoms with van der Waals surface area (Å²) in [4.78, 5) is 46.4. The van der Waals surface area contributed by atoms with Crippen LogP contribution in [0.3, 0.4) is 0 Å². The first-order valence-electron chi connectivity index (χ1n) is 15.3. The molecule has 286 valence electrons. The third kappa shape index (κ3) is 10.5. The Hall–Kier alpha value is -5.22.